The third kappa shape index (κ3) is 7.69. The maximum atomic E-state index is 14.0. The number of aromatic nitrogens is 2. The van der Waals surface area contributed by atoms with Crippen molar-refractivity contribution in [3.8, 4) is 17.1 Å². The van der Waals surface area contributed by atoms with Crippen LogP contribution in [0.3, 0.4) is 0 Å². The van der Waals surface area contributed by atoms with E-state index in [4.69, 9.17) is 20.8 Å². The van der Waals surface area contributed by atoms with E-state index in [1.807, 2.05) is 60.8 Å². The van der Waals surface area contributed by atoms with Gasteiger partial charge in [-0.1, -0.05) is 29.8 Å². The zero-order valence-corrected chi connectivity index (χ0v) is 29.4. The summed E-state index contributed by atoms with van der Waals surface area (Å²) in [6, 6.07) is 19.5. The van der Waals surface area contributed by atoms with Crippen molar-refractivity contribution in [2.45, 2.75) is 50.8 Å². The molecule has 0 radical (unpaired) electrons. The summed E-state index contributed by atoms with van der Waals surface area (Å²) >= 11 is 7.75. The zero-order chi connectivity index (χ0) is 34.0. The van der Waals surface area contributed by atoms with Crippen molar-refractivity contribution in [2.24, 2.45) is 5.92 Å². The molecule has 0 bridgehead atoms. The van der Waals surface area contributed by atoms with Gasteiger partial charge in [-0.05, 0) is 69.2 Å². The van der Waals surface area contributed by atoms with Crippen LogP contribution in [0.1, 0.15) is 49.1 Å². The number of aliphatic hydroxyl groups is 1. The SMILES string of the molecule is CC(C)(c1ncc(-c2ccc(Cl)cc2)o1)N1CCN(C[C@@H](O)C[C@@H](Cc2cc3cnccc3s2)C(=O)NC2CCOc3ccccc32)CC1. The lowest BCUT2D eigenvalue weighted by molar-refractivity contribution is -0.127. The number of pyridine rings is 1. The fourth-order valence-corrected chi connectivity index (χ4v) is 8.22. The van der Waals surface area contributed by atoms with Crippen LogP contribution >= 0.6 is 22.9 Å². The minimum atomic E-state index is -0.651. The zero-order valence-electron chi connectivity index (χ0n) is 27.8. The molecule has 3 atom stereocenters. The molecule has 5 heterocycles. The van der Waals surface area contributed by atoms with Crippen LogP contribution in [0.4, 0.5) is 0 Å². The number of aliphatic hydroxyl groups excluding tert-OH is 1. The number of nitrogens with one attached hydrogen (secondary N) is 1. The van der Waals surface area contributed by atoms with E-state index in [2.05, 4.69) is 45.0 Å². The minimum absolute atomic E-state index is 0.0354. The highest BCUT2D eigenvalue weighted by Crippen LogP contribution is 2.34. The van der Waals surface area contributed by atoms with E-state index in [1.54, 1.807) is 23.7 Å². The predicted octanol–water partition coefficient (Wildman–Crippen LogP) is 6.71. The molecule has 0 spiro atoms. The number of para-hydroxylation sites is 1. The molecule has 2 N–H and O–H groups in total. The lowest BCUT2D eigenvalue weighted by atomic mass is 9.93. The summed E-state index contributed by atoms with van der Waals surface area (Å²) < 4.78 is 13.2. The van der Waals surface area contributed by atoms with Crippen LogP contribution in [-0.2, 0) is 16.8 Å². The number of oxazole rings is 1. The molecule has 0 aliphatic carbocycles. The fourth-order valence-electron chi connectivity index (χ4n) is 6.98. The van der Waals surface area contributed by atoms with Gasteiger partial charge in [0, 0.05) is 88.6 Å². The van der Waals surface area contributed by atoms with Crippen LogP contribution in [0.2, 0.25) is 5.02 Å². The Morgan fingerprint density at radius 2 is 1.90 bits per heavy atom. The predicted molar refractivity (Wildman–Crippen MR) is 193 cm³/mol. The maximum Gasteiger partial charge on any atom is 0.224 e. The van der Waals surface area contributed by atoms with E-state index >= 15 is 0 Å². The maximum absolute atomic E-state index is 14.0. The molecule has 1 fully saturated rings. The topological polar surface area (TPSA) is 104 Å². The molecule has 0 saturated carbocycles. The lowest BCUT2D eigenvalue weighted by Gasteiger charge is -2.42. The normalized spacial score (nSPS) is 18.5. The van der Waals surface area contributed by atoms with E-state index < -0.39 is 11.6 Å². The highest BCUT2D eigenvalue weighted by Gasteiger charge is 2.36. The third-order valence-corrected chi connectivity index (χ3v) is 11.2. The van der Waals surface area contributed by atoms with Gasteiger partial charge in [0.2, 0.25) is 11.8 Å². The second kappa shape index (κ2) is 14.6. The van der Waals surface area contributed by atoms with Crippen molar-refractivity contribution in [1.29, 1.82) is 0 Å². The quantitative estimate of drug-likeness (QED) is 0.157. The molecule has 11 heteroatoms. The van der Waals surface area contributed by atoms with E-state index in [0.717, 1.165) is 58.0 Å². The van der Waals surface area contributed by atoms with Gasteiger partial charge in [0.25, 0.3) is 0 Å². The summed E-state index contributed by atoms with van der Waals surface area (Å²) in [6.07, 6.45) is 6.42. The van der Waals surface area contributed by atoms with Crippen molar-refractivity contribution >= 4 is 38.9 Å². The van der Waals surface area contributed by atoms with Crippen molar-refractivity contribution < 1.29 is 19.1 Å². The Bertz CT molecular complexity index is 1850. The molecule has 5 aromatic rings. The Balaban J connectivity index is 0.985. The number of nitrogens with zero attached hydrogens (tertiary/aromatic N) is 4. The average Bonchev–Trinajstić information content (AvgIpc) is 3.77. The molecule has 2 aliphatic heterocycles. The number of hydrogen-bond donors (Lipinski definition) is 2. The van der Waals surface area contributed by atoms with Crippen LogP contribution in [0.5, 0.6) is 5.75 Å². The number of amides is 1. The number of rotatable bonds is 11. The first kappa shape index (κ1) is 33.7. The van der Waals surface area contributed by atoms with Crippen LogP contribution in [0, 0.1) is 5.92 Å². The van der Waals surface area contributed by atoms with Gasteiger partial charge in [-0.3, -0.25) is 19.6 Å². The summed E-state index contributed by atoms with van der Waals surface area (Å²) in [6.45, 7) is 8.55. The number of thiophene rings is 1. The van der Waals surface area contributed by atoms with Crippen molar-refractivity contribution in [2.75, 3.05) is 39.3 Å². The lowest BCUT2D eigenvalue weighted by Crippen LogP contribution is -2.54. The van der Waals surface area contributed by atoms with Crippen LogP contribution in [0.25, 0.3) is 21.4 Å². The third-order valence-electron chi connectivity index (χ3n) is 9.81. The van der Waals surface area contributed by atoms with Crippen LogP contribution in [0.15, 0.2) is 83.7 Å². The molecule has 2 aromatic carbocycles. The summed E-state index contributed by atoms with van der Waals surface area (Å²) in [5, 5.41) is 16.5. The Hall–Kier alpha value is -3.80. The number of β-amino-alcohol motifs (C(OH)–C–C–N with tert-alkyl or cyclic N) is 1. The molecule has 1 unspecified atom stereocenters. The number of piperazine rings is 1. The van der Waals surface area contributed by atoms with Crippen molar-refractivity contribution in [3.05, 3.63) is 101 Å². The molecular formula is C38H42ClN5O4S. The van der Waals surface area contributed by atoms with Gasteiger partial charge in [0.15, 0.2) is 5.76 Å². The molecule has 2 aliphatic rings. The molecule has 9 nitrogen and oxygen atoms in total. The van der Waals surface area contributed by atoms with Crippen LogP contribution in [-0.4, -0.2) is 76.2 Å². The highest BCUT2D eigenvalue weighted by atomic mass is 35.5. The van der Waals surface area contributed by atoms with Gasteiger partial charge in [-0.15, -0.1) is 11.3 Å². The molecular weight excluding hydrogens is 658 g/mol. The Morgan fingerprint density at radius 1 is 1.10 bits per heavy atom. The van der Waals surface area contributed by atoms with Gasteiger partial charge in [0.05, 0.1) is 30.5 Å². The summed E-state index contributed by atoms with van der Waals surface area (Å²) in [5.41, 5.74) is 1.54. The number of fused-ring (bicyclic) bond motifs is 2. The van der Waals surface area contributed by atoms with Gasteiger partial charge in [0.1, 0.15) is 5.75 Å². The van der Waals surface area contributed by atoms with E-state index in [0.29, 0.717) is 49.1 Å². The average molecular weight is 700 g/mol. The van der Waals surface area contributed by atoms with Gasteiger partial charge in [-0.25, -0.2) is 4.98 Å². The molecule has 1 amide bonds. The standard InChI is InChI=1S/C38H42ClN5O4S/c1-38(2,37-41-23-34(48-37)25-7-9-28(39)10-8-25)44-16-14-43(15-17-44)24-29(45)19-26(20-30-21-27-22-40-13-11-35(27)49-30)36(46)42-32-12-18-47-33-6-4-3-5-31(32)33/h3-11,13,21-23,26,29,32,45H,12,14-20,24H2,1-2H3,(H,42,46)/t26-,29-,32?/m0/s1. The first-order valence-corrected chi connectivity index (χ1v) is 18.1. The second-order valence-corrected chi connectivity index (χ2v) is 15.1. The van der Waals surface area contributed by atoms with E-state index in [1.165, 1.54) is 0 Å². The molecule has 3 aromatic heterocycles. The number of ether oxygens (including phenoxy) is 1. The highest BCUT2D eigenvalue weighted by molar-refractivity contribution is 7.19. The Kier molecular flexibility index (Phi) is 10.0. The van der Waals surface area contributed by atoms with Crippen LogP contribution < -0.4 is 10.1 Å². The number of carbonyl (C=O) groups excluding carboxylic acids is 1. The molecule has 49 heavy (non-hydrogen) atoms. The van der Waals surface area contributed by atoms with E-state index in [9.17, 15) is 9.90 Å². The Morgan fingerprint density at radius 3 is 2.69 bits per heavy atom. The largest absolute Gasteiger partial charge is 0.493 e. The molecule has 1 saturated heterocycles. The van der Waals surface area contributed by atoms with Gasteiger partial charge >= 0.3 is 0 Å². The first-order valence-electron chi connectivity index (χ1n) is 16.9. The van der Waals surface area contributed by atoms with Crippen molar-refractivity contribution in [1.82, 2.24) is 25.1 Å². The van der Waals surface area contributed by atoms with Gasteiger partial charge < -0.3 is 19.6 Å². The number of carbonyl (C=O) groups is 1. The summed E-state index contributed by atoms with van der Waals surface area (Å²) in [5.74, 6) is 1.79. The molecule has 256 valence electrons. The summed E-state index contributed by atoms with van der Waals surface area (Å²) in [7, 11) is 0. The second-order valence-electron chi connectivity index (χ2n) is 13.5. The fraction of sp³-hybridized carbons (Fsp3) is 0.395. The minimum Gasteiger partial charge on any atom is -0.493 e. The Labute approximate surface area is 295 Å². The molecule has 7 rings (SSSR count). The number of halogens is 1. The monoisotopic (exact) mass is 699 g/mol. The summed E-state index contributed by atoms with van der Waals surface area (Å²) in [4.78, 5) is 28.6. The number of benzene rings is 2. The van der Waals surface area contributed by atoms with E-state index in [-0.39, 0.29) is 17.9 Å². The smallest absolute Gasteiger partial charge is 0.224 e. The number of hydrogen-bond acceptors (Lipinski definition) is 9. The first-order chi connectivity index (χ1) is 23.7. The van der Waals surface area contributed by atoms with Crippen molar-refractivity contribution in [3.63, 3.8) is 0 Å². The van der Waals surface area contributed by atoms with Gasteiger partial charge in [-0.2, -0.15) is 0 Å².